The normalized spacial score (nSPS) is 19.9. The van der Waals surface area contributed by atoms with Crippen LogP contribution in [-0.4, -0.2) is 35.7 Å². The molecule has 0 aromatic heterocycles. The standard InChI is InChI=1S/C15H20ClNO3/c1-10-7-14(20-2)11(8-12(10)16)9-17-6-4-3-5-13(17)15(18)19/h7-8,13H,3-6,9H2,1-2H3,(H,18,19)/t13-/m0/s1. The SMILES string of the molecule is COc1cc(C)c(Cl)cc1CN1CCCC[C@H]1C(=O)O. The number of nitrogens with zero attached hydrogens (tertiary/aromatic N) is 1. The van der Waals surface area contributed by atoms with Crippen LogP contribution in [0.3, 0.4) is 0 Å². The first-order valence-corrected chi connectivity index (χ1v) is 7.20. The van der Waals surface area contributed by atoms with E-state index in [1.54, 1.807) is 7.11 Å². The molecule has 4 nitrogen and oxygen atoms in total. The quantitative estimate of drug-likeness (QED) is 0.928. The predicted octanol–water partition coefficient (Wildman–Crippen LogP) is 3.10. The van der Waals surface area contributed by atoms with Crippen LogP contribution in [-0.2, 0) is 11.3 Å². The molecule has 0 unspecified atom stereocenters. The van der Waals surface area contributed by atoms with Crippen LogP contribution in [0.2, 0.25) is 5.02 Å². The number of halogens is 1. The summed E-state index contributed by atoms with van der Waals surface area (Å²) in [6.07, 6.45) is 2.71. The van der Waals surface area contributed by atoms with Gasteiger partial charge in [0.05, 0.1) is 7.11 Å². The molecule has 0 bridgehead atoms. The van der Waals surface area contributed by atoms with Gasteiger partial charge in [-0.2, -0.15) is 0 Å². The largest absolute Gasteiger partial charge is 0.496 e. The second-order valence-corrected chi connectivity index (χ2v) is 5.64. The molecule has 0 spiro atoms. The minimum Gasteiger partial charge on any atom is -0.496 e. The fourth-order valence-corrected chi connectivity index (χ4v) is 2.87. The van der Waals surface area contributed by atoms with Gasteiger partial charge in [-0.25, -0.2) is 0 Å². The molecule has 110 valence electrons. The summed E-state index contributed by atoms with van der Waals surface area (Å²) in [4.78, 5) is 13.3. The third kappa shape index (κ3) is 3.25. The van der Waals surface area contributed by atoms with E-state index >= 15 is 0 Å². The Kier molecular flexibility index (Phi) is 4.89. The molecule has 0 aliphatic carbocycles. The molecule has 1 aromatic carbocycles. The highest BCUT2D eigenvalue weighted by Crippen LogP contribution is 2.29. The van der Waals surface area contributed by atoms with Crippen molar-refractivity contribution in [2.75, 3.05) is 13.7 Å². The van der Waals surface area contributed by atoms with E-state index in [9.17, 15) is 9.90 Å². The molecular formula is C15H20ClNO3. The zero-order valence-corrected chi connectivity index (χ0v) is 12.6. The number of aliphatic carboxylic acids is 1. The molecule has 1 heterocycles. The summed E-state index contributed by atoms with van der Waals surface area (Å²) in [5.41, 5.74) is 1.90. The van der Waals surface area contributed by atoms with E-state index in [-0.39, 0.29) is 0 Å². The number of hydrogen-bond donors (Lipinski definition) is 1. The summed E-state index contributed by atoms with van der Waals surface area (Å²) < 4.78 is 5.39. The Hall–Kier alpha value is -1.26. The number of carboxylic acid groups (broad SMARTS) is 1. The number of carbonyl (C=O) groups is 1. The maximum Gasteiger partial charge on any atom is 0.320 e. The van der Waals surface area contributed by atoms with Crippen LogP contribution in [0, 0.1) is 6.92 Å². The predicted molar refractivity (Wildman–Crippen MR) is 78.4 cm³/mol. The zero-order chi connectivity index (χ0) is 14.7. The van der Waals surface area contributed by atoms with Crippen LogP contribution in [0.5, 0.6) is 5.75 Å². The van der Waals surface area contributed by atoms with Crippen molar-refractivity contribution < 1.29 is 14.6 Å². The lowest BCUT2D eigenvalue weighted by molar-refractivity contribution is -0.144. The summed E-state index contributed by atoms with van der Waals surface area (Å²) in [7, 11) is 1.62. The average molecular weight is 298 g/mol. The average Bonchev–Trinajstić information content (AvgIpc) is 2.43. The molecule has 1 fully saturated rings. The zero-order valence-electron chi connectivity index (χ0n) is 11.9. The molecule has 1 atom stereocenters. The van der Waals surface area contributed by atoms with E-state index in [1.807, 2.05) is 24.0 Å². The summed E-state index contributed by atoms with van der Waals surface area (Å²) in [6.45, 7) is 3.28. The Bertz CT molecular complexity index is 504. The van der Waals surface area contributed by atoms with Crippen molar-refractivity contribution in [3.8, 4) is 5.75 Å². The Morgan fingerprint density at radius 2 is 2.25 bits per heavy atom. The number of rotatable bonds is 4. The second kappa shape index (κ2) is 6.46. The van der Waals surface area contributed by atoms with Crippen molar-refractivity contribution in [1.29, 1.82) is 0 Å². The monoisotopic (exact) mass is 297 g/mol. The van der Waals surface area contributed by atoms with Gasteiger partial charge < -0.3 is 9.84 Å². The number of ether oxygens (including phenoxy) is 1. The Morgan fingerprint density at radius 1 is 1.50 bits per heavy atom. The molecule has 1 N–H and O–H groups in total. The first-order valence-electron chi connectivity index (χ1n) is 6.82. The molecule has 5 heteroatoms. The van der Waals surface area contributed by atoms with E-state index in [4.69, 9.17) is 16.3 Å². The number of piperidine rings is 1. The van der Waals surface area contributed by atoms with E-state index in [2.05, 4.69) is 0 Å². The van der Waals surface area contributed by atoms with Crippen molar-refractivity contribution in [2.24, 2.45) is 0 Å². The number of carboxylic acids is 1. The van der Waals surface area contributed by atoms with Crippen molar-refractivity contribution >= 4 is 17.6 Å². The van der Waals surface area contributed by atoms with Gasteiger partial charge in [-0.3, -0.25) is 9.69 Å². The van der Waals surface area contributed by atoms with Gasteiger partial charge in [0.25, 0.3) is 0 Å². The number of likely N-dealkylation sites (tertiary alicyclic amines) is 1. The second-order valence-electron chi connectivity index (χ2n) is 5.23. The van der Waals surface area contributed by atoms with Gasteiger partial charge in [0.2, 0.25) is 0 Å². The van der Waals surface area contributed by atoms with E-state index in [0.29, 0.717) is 18.0 Å². The molecule has 0 radical (unpaired) electrons. The minimum absolute atomic E-state index is 0.409. The lowest BCUT2D eigenvalue weighted by Crippen LogP contribution is -2.44. The number of benzene rings is 1. The fourth-order valence-electron chi connectivity index (χ4n) is 2.69. The molecule has 1 saturated heterocycles. The van der Waals surface area contributed by atoms with E-state index in [1.165, 1.54) is 0 Å². The highest BCUT2D eigenvalue weighted by molar-refractivity contribution is 6.31. The topological polar surface area (TPSA) is 49.8 Å². The van der Waals surface area contributed by atoms with Gasteiger partial charge >= 0.3 is 5.97 Å². The number of aryl methyl sites for hydroxylation is 1. The lowest BCUT2D eigenvalue weighted by Gasteiger charge is -2.33. The smallest absolute Gasteiger partial charge is 0.320 e. The van der Waals surface area contributed by atoms with Gasteiger partial charge in [0, 0.05) is 17.1 Å². The van der Waals surface area contributed by atoms with Gasteiger partial charge in [-0.15, -0.1) is 0 Å². The summed E-state index contributed by atoms with van der Waals surface area (Å²) >= 11 is 6.17. The molecule has 0 saturated carbocycles. The number of hydrogen-bond acceptors (Lipinski definition) is 3. The summed E-state index contributed by atoms with van der Waals surface area (Å²) in [5, 5.41) is 10.00. The molecule has 1 aliphatic heterocycles. The Balaban J connectivity index is 2.23. The summed E-state index contributed by atoms with van der Waals surface area (Å²) in [6, 6.07) is 3.37. The Morgan fingerprint density at radius 3 is 2.90 bits per heavy atom. The third-order valence-corrected chi connectivity index (χ3v) is 4.24. The molecule has 2 rings (SSSR count). The van der Waals surface area contributed by atoms with Crippen LogP contribution in [0.1, 0.15) is 30.4 Å². The van der Waals surface area contributed by atoms with Crippen molar-refractivity contribution in [3.05, 3.63) is 28.3 Å². The van der Waals surface area contributed by atoms with E-state index in [0.717, 1.165) is 36.3 Å². The molecule has 20 heavy (non-hydrogen) atoms. The van der Waals surface area contributed by atoms with Crippen LogP contribution in [0.15, 0.2) is 12.1 Å². The molecular weight excluding hydrogens is 278 g/mol. The maximum absolute atomic E-state index is 11.3. The van der Waals surface area contributed by atoms with Crippen molar-refractivity contribution in [1.82, 2.24) is 4.90 Å². The Labute approximate surface area is 124 Å². The van der Waals surface area contributed by atoms with Crippen LogP contribution in [0.4, 0.5) is 0 Å². The van der Waals surface area contributed by atoms with Gasteiger partial charge in [0.15, 0.2) is 0 Å². The molecule has 1 aliphatic rings. The van der Waals surface area contributed by atoms with Crippen molar-refractivity contribution in [3.63, 3.8) is 0 Å². The van der Waals surface area contributed by atoms with Crippen molar-refractivity contribution in [2.45, 2.75) is 38.8 Å². The molecule has 0 amide bonds. The lowest BCUT2D eigenvalue weighted by atomic mass is 10.0. The van der Waals surface area contributed by atoms with Crippen LogP contribution < -0.4 is 4.74 Å². The number of methoxy groups -OCH3 is 1. The summed E-state index contributed by atoms with van der Waals surface area (Å²) in [5.74, 6) is 0.0171. The van der Waals surface area contributed by atoms with Crippen LogP contribution in [0.25, 0.3) is 0 Å². The van der Waals surface area contributed by atoms with E-state index < -0.39 is 12.0 Å². The van der Waals surface area contributed by atoms with Crippen LogP contribution >= 0.6 is 11.6 Å². The highest BCUT2D eigenvalue weighted by Gasteiger charge is 2.28. The minimum atomic E-state index is -0.748. The maximum atomic E-state index is 11.3. The van der Waals surface area contributed by atoms with Gasteiger partial charge in [-0.05, 0) is 44.0 Å². The first-order chi connectivity index (χ1) is 9.52. The highest BCUT2D eigenvalue weighted by atomic mass is 35.5. The fraction of sp³-hybridized carbons (Fsp3) is 0.533. The molecule has 1 aromatic rings. The van der Waals surface area contributed by atoms with Gasteiger partial charge in [-0.1, -0.05) is 18.0 Å². The third-order valence-electron chi connectivity index (χ3n) is 3.83. The van der Waals surface area contributed by atoms with Gasteiger partial charge in [0.1, 0.15) is 11.8 Å². The first kappa shape index (κ1) is 15.1.